The highest BCUT2D eigenvalue weighted by Crippen LogP contribution is 2.33. The number of carbonyl (C=O) groups excluding carboxylic acids is 1. The van der Waals surface area contributed by atoms with Gasteiger partial charge in [-0.2, -0.15) is 0 Å². The Morgan fingerprint density at radius 3 is 2.59 bits per heavy atom. The van der Waals surface area contributed by atoms with E-state index in [0.717, 1.165) is 19.4 Å². The number of rotatable bonds is 7. The second-order valence-corrected chi connectivity index (χ2v) is 5.02. The summed E-state index contributed by atoms with van der Waals surface area (Å²) in [6, 6.07) is 0. The summed E-state index contributed by atoms with van der Waals surface area (Å²) in [4.78, 5) is 14.0. The van der Waals surface area contributed by atoms with Gasteiger partial charge in [-0.1, -0.05) is 12.2 Å². The average molecular weight is 258 g/mol. The largest absolute Gasteiger partial charge is 0.392 e. The summed E-state index contributed by atoms with van der Waals surface area (Å²) in [5, 5.41) is 0. The Hall–Kier alpha value is -0.680. The minimum atomic E-state index is 0.153. The minimum Gasteiger partial charge on any atom is -0.392 e. The van der Waals surface area contributed by atoms with Gasteiger partial charge in [-0.25, -0.2) is 0 Å². The van der Waals surface area contributed by atoms with Gasteiger partial charge in [-0.05, 0) is 32.6 Å². The number of nitrogens with zero attached hydrogens (tertiary/aromatic N) is 1. The third-order valence-electron chi connectivity index (χ3n) is 3.14. The van der Waals surface area contributed by atoms with Crippen LogP contribution in [0.25, 0.3) is 0 Å². The number of hydrogen-bond donors (Lipinski definition) is 1. The number of hydrogen-bond acceptors (Lipinski definition) is 3. The Labute approximate surface area is 108 Å². The first-order valence-electron chi connectivity index (χ1n) is 6.24. The molecule has 1 rings (SSSR count). The molecule has 98 valence electrons. The van der Waals surface area contributed by atoms with Gasteiger partial charge in [0.05, 0.1) is 17.6 Å². The fourth-order valence-corrected chi connectivity index (χ4v) is 2.31. The van der Waals surface area contributed by atoms with Crippen LogP contribution in [0.5, 0.6) is 0 Å². The van der Waals surface area contributed by atoms with E-state index < -0.39 is 0 Å². The van der Waals surface area contributed by atoms with Gasteiger partial charge >= 0.3 is 0 Å². The zero-order valence-corrected chi connectivity index (χ0v) is 11.5. The molecule has 1 amide bonds. The lowest BCUT2D eigenvalue weighted by Gasteiger charge is -2.35. The van der Waals surface area contributed by atoms with Crippen LogP contribution in [-0.4, -0.2) is 41.6 Å². The topological polar surface area (TPSA) is 55.6 Å². The fraction of sp³-hybridized carbons (Fsp3) is 0.833. The molecule has 5 heteroatoms. The zero-order valence-electron chi connectivity index (χ0n) is 10.6. The second-order valence-electron chi connectivity index (χ2n) is 4.49. The Morgan fingerprint density at radius 1 is 1.47 bits per heavy atom. The third-order valence-corrected chi connectivity index (χ3v) is 3.27. The van der Waals surface area contributed by atoms with Gasteiger partial charge in [0, 0.05) is 19.6 Å². The fourth-order valence-electron chi connectivity index (χ4n) is 2.15. The van der Waals surface area contributed by atoms with Gasteiger partial charge in [-0.15, -0.1) is 0 Å². The van der Waals surface area contributed by atoms with Crippen LogP contribution in [0.1, 0.15) is 33.1 Å². The summed E-state index contributed by atoms with van der Waals surface area (Å²) in [5.41, 5.74) is 5.46. The van der Waals surface area contributed by atoms with Gasteiger partial charge in [-0.3, -0.25) is 4.79 Å². The zero-order chi connectivity index (χ0) is 12.8. The molecular formula is C12H22N2O2S. The van der Waals surface area contributed by atoms with Gasteiger partial charge in [0.1, 0.15) is 0 Å². The molecule has 0 aromatic carbocycles. The first-order valence-corrected chi connectivity index (χ1v) is 6.65. The van der Waals surface area contributed by atoms with Crippen molar-refractivity contribution in [3.05, 3.63) is 0 Å². The van der Waals surface area contributed by atoms with Gasteiger partial charge in [0.15, 0.2) is 0 Å². The molecule has 0 bridgehead atoms. The molecule has 0 aliphatic heterocycles. The molecule has 4 nitrogen and oxygen atoms in total. The van der Waals surface area contributed by atoms with Crippen LogP contribution in [0.4, 0.5) is 0 Å². The molecule has 1 saturated carbocycles. The summed E-state index contributed by atoms with van der Waals surface area (Å²) < 4.78 is 5.48. The number of thiocarbonyl (C=S) groups is 1. The van der Waals surface area contributed by atoms with Gasteiger partial charge in [0.25, 0.3) is 0 Å². The average Bonchev–Trinajstić information content (AvgIpc) is 2.22. The predicted octanol–water partition coefficient (Wildman–Crippen LogP) is 1.33. The molecule has 1 aliphatic rings. The molecule has 0 aromatic heterocycles. The maximum atomic E-state index is 11.9. The quantitative estimate of drug-likeness (QED) is 0.700. The lowest BCUT2D eigenvalue weighted by atomic mass is 9.79. The summed E-state index contributed by atoms with van der Waals surface area (Å²) in [5.74, 6) is 0.625. The Balaban J connectivity index is 2.27. The summed E-state index contributed by atoms with van der Waals surface area (Å²) in [6.45, 7) is 5.76. The molecule has 17 heavy (non-hydrogen) atoms. The first-order chi connectivity index (χ1) is 8.06. The standard InChI is InChI=1S/C12H22N2O2S/c1-3-14(8-11(13)17)12(15)7-9-5-10(6-9)16-4-2/h9-10H,3-8H2,1-2H3,(H2,13,17). The highest BCUT2D eigenvalue weighted by atomic mass is 32.1. The smallest absolute Gasteiger partial charge is 0.223 e. The van der Waals surface area contributed by atoms with Crippen molar-refractivity contribution in [2.45, 2.75) is 39.2 Å². The van der Waals surface area contributed by atoms with Crippen molar-refractivity contribution >= 4 is 23.1 Å². The van der Waals surface area contributed by atoms with E-state index in [1.54, 1.807) is 4.90 Å². The molecular weight excluding hydrogens is 236 g/mol. The van der Waals surface area contributed by atoms with E-state index in [1.807, 2.05) is 13.8 Å². The van der Waals surface area contributed by atoms with Crippen LogP contribution in [0.15, 0.2) is 0 Å². The highest BCUT2D eigenvalue weighted by molar-refractivity contribution is 7.80. The van der Waals surface area contributed by atoms with Crippen molar-refractivity contribution in [2.75, 3.05) is 19.7 Å². The van der Waals surface area contributed by atoms with E-state index in [2.05, 4.69) is 0 Å². The van der Waals surface area contributed by atoms with Gasteiger partial charge in [0.2, 0.25) is 5.91 Å². The van der Waals surface area contributed by atoms with Crippen molar-refractivity contribution in [3.63, 3.8) is 0 Å². The molecule has 0 atom stereocenters. The summed E-state index contributed by atoms with van der Waals surface area (Å²) >= 11 is 4.83. The number of amides is 1. The Kier molecular flexibility index (Phi) is 5.85. The molecule has 0 heterocycles. The molecule has 0 aromatic rings. The lowest BCUT2D eigenvalue weighted by molar-refractivity contribution is -0.133. The van der Waals surface area contributed by atoms with Crippen molar-refractivity contribution in [1.29, 1.82) is 0 Å². The van der Waals surface area contributed by atoms with Crippen molar-refractivity contribution in [3.8, 4) is 0 Å². The summed E-state index contributed by atoms with van der Waals surface area (Å²) in [7, 11) is 0. The number of carbonyl (C=O) groups is 1. The maximum Gasteiger partial charge on any atom is 0.223 e. The number of likely N-dealkylation sites (N-methyl/N-ethyl adjacent to an activating group) is 1. The second kappa shape index (κ2) is 6.91. The maximum absolute atomic E-state index is 11.9. The highest BCUT2D eigenvalue weighted by Gasteiger charge is 2.32. The number of ether oxygens (including phenoxy) is 1. The molecule has 1 fully saturated rings. The van der Waals surface area contributed by atoms with Crippen molar-refractivity contribution in [2.24, 2.45) is 11.7 Å². The predicted molar refractivity (Wildman–Crippen MR) is 71.8 cm³/mol. The van der Waals surface area contributed by atoms with Crippen LogP contribution in [0, 0.1) is 5.92 Å². The molecule has 0 saturated heterocycles. The van der Waals surface area contributed by atoms with Crippen molar-refractivity contribution < 1.29 is 9.53 Å². The Bertz CT molecular complexity index is 278. The lowest BCUT2D eigenvalue weighted by Crippen LogP contribution is -2.41. The normalized spacial score (nSPS) is 22.9. The molecule has 1 aliphatic carbocycles. The van der Waals surface area contributed by atoms with Crippen molar-refractivity contribution in [1.82, 2.24) is 4.90 Å². The molecule has 0 radical (unpaired) electrons. The SMILES string of the molecule is CCOC1CC(CC(=O)N(CC)CC(N)=S)C1. The third kappa shape index (κ3) is 4.60. The van der Waals surface area contributed by atoms with E-state index in [0.29, 0.717) is 36.5 Å². The minimum absolute atomic E-state index is 0.153. The molecule has 0 unspecified atom stereocenters. The monoisotopic (exact) mass is 258 g/mol. The van der Waals surface area contributed by atoms with E-state index in [-0.39, 0.29) is 5.91 Å². The van der Waals surface area contributed by atoms with E-state index in [9.17, 15) is 4.79 Å². The summed E-state index contributed by atoms with van der Waals surface area (Å²) in [6.07, 6.45) is 2.97. The van der Waals surface area contributed by atoms with Crippen LogP contribution < -0.4 is 5.73 Å². The Morgan fingerprint density at radius 2 is 2.12 bits per heavy atom. The van der Waals surface area contributed by atoms with Crippen LogP contribution in [-0.2, 0) is 9.53 Å². The molecule has 0 spiro atoms. The van der Waals surface area contributed by atoms with E-state index >= 15 is 0 Å². The number of nitrogens with two attached hydrogens (primary N) is 1. The van der Waals surface area contributed by atoms with E-state index in [4.69, 9.17) is 22.7 Å². The van der Waals surface area contributed by atoms with Crippen LogP contribution in [0.2, 0.25) is 0 Å². The van der Waals surface area contributed by atoms with Gasteiger partial charge < -0.3 is 15.4 Å². The molecule has 2 N–H and O–H groups in total. The van der Waals surface area contributed by atoms with E-state index in [1.165, 1.54) is 0 Å². The first kappa shape index (κ1) is 14.4. The van der Waals surface area contributed by atoms with Crippen LogP contribution in [0.3, 0.4) is 0 Å². The van der Waals surface area contributed by atoms with Crippen LogP contribution >= 0.6 is 12.2 Å².